The fraction of sp³-hybridized carbons (Fsp3) is 0.222. The molecule has 0 bridgehead atoms. The largest absolute Gasteiger partial charge is 0.454 e. The Morgan fingerprint density at radius 3 is 2.29 bits per heavy atom. The molecular formula is C36H32FN2O2+. The predicted molar refractivity (Wildman–Crippen MR) is 163 cm³/mol. The van der Waals surface area contributed by atoms with Gasteiger partial charge in [-0.25, -0.2) is 13.9 Å². The zero-order chi connectivity index (χ0) is 28.6. The second-order valence-corrected chi connectivity index (χ2v) is 12.4. The Morgan fingerprint density at radius 2 is 1.51 bits per heavy atom. The summed E-state index contributed by atoms with van der Waals surface area (Å²) in [5.41, 5.74) is 9.34. The van der Waals surface area contributed by atoms with Crippen LogP contribution >= 0.6 is 0 Å². The molecule has 0 radical (unpaired) electrons. The molecular weight excluding hydrogens is 511 g/mol. The molecule has 0 unspecified atom stereocenters. The minimum absolute atomic E-state index is 0.167. The lowest BCUT2D eigenvalue weighted by Gasteiger charge is -2.18. The van der Waals surface area contributed by atoms with E-state index in [9.17, 15) is 0 Å². The highest BCUT2D eigenvalue weighted by Crippen LogP contribution is 2.43. The molecule has 0 aliphatic heterocycles. The van der Waals surface area contributed by atoms with Crippen molar-refractivity contribution in [3.63, 3.8) is 0 Å². The molecule has 0 fully saturated rings. The van der Waals surface area contributed by atoms with Crippen molar-refractivity contribution in [2.75, 3.05) is 0 Å². The van der Waals surface area contributed by atoms with E-state index in [1.807, 2.05) is 43.3 Å². The summed E-state index contributed by atoms with van der Waals surface area (Å²) in [6, 6.07) is 21.8. The Balaban J connectivity index is 1.48. The van der Waals surface area contributed by atoms with Crippen molar-refractivity contribution in [2.45, 2.75) is 41.0 Å². The average Bonchev–Trinajstić information content (AvgIpc) is 3.46. The van der Waals surface area contributed by atoms with Crippen LogP contribution in [0.3, 0.4) is 0 Å². The summed E-state index contributed by atoms with van der Waals surface area (Å²) < 4.78 is 30.5. The van der Waals surface area contributed by atoms with Crippen LogP contribution in [0.4, 0.5) is 4.39 Å². The number of halogens is 1. The van der Waals surface area contributed by atoms with Gasteiger partial charge in [-0.15, -0.1) is 0 Å². The topological polar surface area (TPSA) is 43.1 Å². The third kappa shape index (κ3) is 4.19. The van der Waals surface area contributed by atoms with Gasteiger partial charge in [0.1, 0.15) is 29.6 Å². The first kappa shape index (κ1) is 25.5. The summed E-state index contributed by atoms with van der Waals surface area (Å²) in [6.07, 6.45) is 3.08. The van der Waals surface area contributed by atoms with E-state index >= 15 is 4.39 Å². The highest BCUT2D eigenvalue weighted by molar-refractivity contribution is 6.14. The summed E-state index contributed by atoms with van der Waals surface area (Å²) in [7, 11) is 2.06. The van der Waals surface area contributed by atoms with E-state index < -0.39 is 0 Å². The van der Waals surface area contributed by atoms with Gasteiger partial charge in [0, 0.05) is 39.4 Å². The maximum absolute atomic E-state index is 15.7. The van der Waals surface area contributed by atoms with E-state index in [4.69, 9.17) is 8.83 Å². The van der Waals surface area contributed by atoms with E-state index in [1.165, 1.54) is 5.56 Å². The molecule has 7 rings (SSSR count). The van der Waals surface area contributed by atoms with Crippen LogP contribution in [0.25, 0.3) is 66.4 Å². The molecule has 0 atom stereocenters. The Labute approximate surface area is 238 Å². The Kier molecular flexibility index (Phi) is 5.59. The number of benzene rings is 3. The monoisotopic (exact) mass is 543 g/mol. The van der Waals surface area contributed by atoms with Crippen LogP contribution in [0.5, 0.6) is 0 Å². The van der Waals surface area contributed by atoms with Crippen LogP contribution in [0.15, 0.2) is 81.8 Å². The van der Waals surface area contributed by atoms with Crippen LogP contribution in [0.1, 0.15) is 37.6 Å². The van der Waals surface area contributed by atoms with Crippen molar-refractivity contribution in [2.24, 2.45) is 12.5 Å². The lowest BCUT2D eigenvalue weighted by atomic mass is 9.88. The fourth-order valence-corrected chi connectivity index (χ4v) is 6.05. The van der Waals surface area contributed by atoms with Gasteiger partial charge >= 0.3 is 0 Å². The number of hydrogen-bond donors (Lipinski definition) is 0. The standard InChI is InChI=1S/C36H32FN2O2/c1-20-7-10-24-25-12-13-28(37)32(23-9-14-30-27(18-23)26-11-8-21(2)38-35(26)40-30)34(25)41-33(24)31(20)29-17-22(15-16-39(29)6)19-36(3,4)5/h7-18H,19H2,1-6H3/q+1. The van der Waals surface area contributed by atoms with Gasteiger partial charge in [0.2, 0.25) is 11.4 Å². The summed E-state index contributed by atoms with van der Waals surface area (Å²) in [6.45, 7) is 10.8. The number of nitrogens with zero attached hydrogens (tertiary/aromatic N) is 2. The van der Waals surface area contributed by atoms with Gasteiger partial charge in [-0.2, -0.15) is 0 Å². The van der Waals surface area contributed by atoms with Gasteiger partial charge in [-0.05, 0) is 78.8 Å². The van der Waals surface area contributed by atoms with Crippen molar-refractivity contribution >= 4 is 44.0 Å². The van der Waals surface area contributed by atoms with Crippen LogP contribution < -0.4 is 4.57 Å². The van der Waals surface area contributed by atoms with Gasteiger partial charge in [-0.3, -0.25) is 0 Å². The van der Waals surface area contributed by atoms with E-state index in [1.54, 1.807) is 6.07 Å². The molecule has 0 spiro atoms. The smallest absolute Gasteiger partial charge is 0.227 e. The molecule has 5 heteroatoms. The summed E-state index contributed by atoms with van der Waals surface area (Å²) in [5, 5.41) is 3.67. The lowest BCUT2D eigenvalue weighted by molar-refractivity contribution is -0.660. The predicted octanol–water partition coefficient (Wildman–Crippen LogP) is 9.38. The molecule has 0 aliphatic carbocycles. The van der Waals surface area contributed by atoms with Crippen LogP contribution in [-0.4, -0.2) is 4.98 Å². The molecule has 3 aromatic carbocycles. The summed E-state index contributed by atoms with van der Waals surface area (Å²) in [5.74, 6) is -0.325. The third-order valence-electron chi connectivity index (χ3n) is 7.94. The van der Waals surface area contributed by atoms with Crippen molar-refractivity contribution in [1.82, 2.24) is 4.98 Å². The molecule has 41 heavy (non-hydrogen) atoms. The molecule has 4 nitrogen and oxygen atoms in total. The zero-order valence-electron chi connectivity index (χ0n) is 24.2. The molecule has 0 amide bonds. The number of fused-ring (bicyclic) bond motifs is 6. The summed E-state index contributed by atoms with van der Waals surface area (Å²) in [4.78, 5) is 4.53. The van der Waals surface area contributed by atoms with Crippen molar-refractivity contribution in [1.29, 1.82) is 0 Å². The number of pyridine rings is 2. The number of hydrogen-bond acceptors (Lipinski definition) is 3. The molecule has 0 N–H and O–H groups in total. The summed E-state index contributed by atoms with van der Waals surface area (Å²) >= 11 is 0. The maximum Gasteiger partial charge on any atom is 0.227 e. The van der Waals surface area contributed by atoms with E-state index in [2.05, 4.69) is 74.8 Å². The van der Waals surface area contributed by atoms with E-state index in [-0.39, 0.29) is 11.2 Å². The molecule has 0 saturated heterocycles. The van der Waals surface area contributed by atoms with Gasteiger partial charge in [-0.1, -0.05) is 39.0 Å². The maximum atomic E-state index is 15.7. The zero-order valence-corrected chi connectivity index (χ0v) is 24.2. The van der Waals surface area contributed by atoms with Gasteiger partial charge in [0.05, 0.1) is 11.1 Å². The second kappa shape index (κ2) is 9.00. The molecule has 7 aromatic rings. The number of aryl methyl sites for hydroxylation is 3. The van der Waals surface area contributed by atoms with E-state index in [0.29, 0.717) is 16.9 Å². The molecule has 0 saturated carbocycles. The fourth-order valence-electron chi connectivity index (χ4n) is 6.05. The number of furan rings is 2. The van der Waals surface area contributed by atoms with Gasteiger partial charge in [0.15, 0.2) is 6.20 Å². The third-order valence-corrected chi connectivity index (χ3v) is 7.94. The Morgan fingerprint density at radius 1 is 0.780 bits per heavy atom. The molecule has 0 aliphatic rings. The average molecular weight is 544 g/mol. The normalized spacial score (nSPS) is 12.4. The first-order chi connectivity index (χ1) is 19.6. The Hall–Kier alpha value is -4.51. The van der Waals surface area contributed by atoms with Crippen LogP contribution in [-0.2, 0) is 13.5 Å². The quantitative estimate of drug-likeness (QED) is 0.209. The Bertz CT molecular complexity index is 2160. The minimum Gasteiger partial charge on any atom is -0.454 e. The molecule has 4 aromatic heterocycles. The van der Waals surface area contributed by atoms with Crippen LogP contribution in [0.2, 0.25) is 0 Å². The second-order valence-electron chi connectivity index (χ2n) is 12.4. The SMILES string of the molecule is Cc1ccc2c(n1)oc1ccc(-c3c(F)ccc4c3oc3c(-c5cc(CC(C)(C)C)cc[n+]5C)c(C)ccc34)cc12. The van der Waals surface area contributed by atoms with Crippen molar-refractivity contribution in [3.8, 4) is 22.4 Å². The van der Waals surface area contributed by atoms with Gasteiger partial charge < -0.3 is 8.83 Å². The molecule has 204 valence electrons. The van der Waals surface area contributed by atoms with Gasteiger partial charge in [0.25, 0.3) is 0 Å². The minimum atomic E-state index is -0.325. The molecule has 4 heterocycles. The van der Waals surface area contributed by atoms with Crippen molar-refractivity contribution < 1.29 is 17.8 Å². The van der Waals surface area contributed by atoms with Crippen molar-refractivity contribution in [3.05, 3.63) is 95.6 Å². The number of rotatable bonds is 3. The van der Waals surface area contributed by atoms with Crippen LogP contribution in [0, 0.1) is 25.1 Å². The lowest BCUT2D eigenvalue weighted by Crippen LogP contribution is -2.31. The highest BCUT2D eigenvalue weighted by atomic mass is 19.1. The highest BCUT2D eigenvalue weighted by Gasteiger charge is 2.25. The first-order valence-corrected chi connectivity index (χ1v) is 14.0. The van der Waals surface area contributed by atoms with E-state index in [0.717, 1.165) is 67.2 Å². The first-order valence-electron chi connectivity index (χ1n) is 14.0. The number of aromatic nitrogens is 2.